The van der Waals surface area contributed by atoms with Crippen LogP contribution in [0.2, 0.25) is 0 Å². The predicted octanol–water partition coefficient (Wildman–Crippen LogP) is 2.55. The second-order valence-corrected chi connectivity index (χ2v) is 6.42. The standard InChI is InChI=1S/C18H21N3O3/c1-10(2)17-19-11(3)15(24-17)16(22)20-14-13-8-6-5-7-12(13)9-21(4)18(14)23/h5-8,10,14H,9H2,1-4H3,(H,20,22)/t14-/m0/s1. The van der Waals surface area contributed by atoms with Gasteiger partial charge in [0, 0.05) is 19.5 Å². The summed E-state index contributed by atoms with van der Waals surface area (Å²) in [5.74, 6) is 0.217. The van der Waals surface area contributed by atoms with Crippen LogP contribution in [0.4, 0.5) is 0 Å². The van der Waals surface area contributed by atoms with E-state index in [0.717, 1.165) is 11.1 Å². The molecule has 0 bridgehead atoms. The lowest BCUT2D eigenvalue weighted by Crippen LogP contribution is -2.44. The van der Waals surface area contributed by atoms with Gasteiger partial charge in [-0.3, -0.25) is 9.59 Å². The van der Waals surface area contributed by atoms with Crippen LogP contribution in [0.25, 0.3) is 0 Å². The van der Waals surface area contributed by atoms with Crippen LogP contribution in [-0.2, 0) is 11.3 Å². The van der Waals surface area contributed by atoms with Crippen LogP contribution in [0.3, 0.4) is 0 Å². The van der Waals surface area contributed by atoms with E-state index in [1.807, 2.05) is 38.1 Å². The molecule has 0 saturated heterocycles. The van der Waals surface area contributed by atoms with Crippen molar-refractivity contribution >= 4 is 11.8 Å². The molecule has 2 aromatic rings. The lowest BCUT2D eigenvalue weighted by Gasteiger charge is -2.31. The molecule has 1 aliphatic heterocycles. The van der Waals surface area contributed by atoms with E-state index in [-0.39, 0.29) is 17.6 Å². The zero-order valence-corrected chi connectivity index (χ0v) is 14.3. The zero-order valence-electron chi connectivity index (χ0n) is 14.3. The van der Waals surface area contributed by atoms with Crippen LogP contribution < -0.4 is 5.32 Å². The normalized spacial score (nSPS) is 17.1. The van der Waals surface area contributed by atoms with Gasteiger partial charge in [-0.2, -0.15) is 0 Å². The number of carbonyl (C=O) groups excluding carboxylic acids is 2. The van der Waals surface area contributed by atoms with E-state index in [9.17, 15) is 9.59 Å². The van der Waals surface area contributed by atoms with Gasteiger partial charge in [-0.25, -0.2) is 4.98 Å². The Kier molecular flexibility index (Phi) is 4.13. The summed E-state index contributed by atoms with van der Waals surface area (Å²) in [6.45, 7) is 6.17. The summed E-state index contributed by atoms with van der Waals surface area (Å²) in [5, 5.41) is 2.80. The Morgan fingerprint density at radius 3 is 2.75 bits per heavy atom. The third-order valence-electron chi connectivity index (χ3n) is 4.19. The molecule has 126 valence electrons. The van der Waals surface area contributed by atoms with Gasteiger partial charge in [0.15, 0.2) is 5.89 Å². The molecule has 2 heterocycles. The molecule has 6 heteroatoms. The van der Waals surface area contributed by atoms with Crippen LogP contribution in [0.1, 0.15) is 59.1 Å². The highest BCUT2D eigenvalue weighted by Gasteiger charge is 2.33. The van der Waals surface area contributed by atoms with E-state index in [1.165, 1.54) is 0 Å². The molecule has 1 N–H and O–H groups in total. The van der Waals surface area contributed by atoms with Gasteiger partial charge in [0.2, 0.25) is 11.7 Å². The predicted molar refractivity (Wildman–Crippen MR) is 88.5 cm³/mol. The lowest BCUT2D eigenvalue weighted by molar-refractivity contribution is -0.133. The van der Waals surface area contributed by atoms with Crippen LogP contribution in [0.15, 0.2) is 28.7 Å². The molecule has 0 unspecified atom stereocenters. The smallest absolute Gasteiger partial charge is 0.289 e. The van der Waals surface area contributed by atoms with E-state index in [0.29, 0.717) is 18.1 Å². The number of aryl methyl sites for hydroxylation is 1. The molecule has 1 aliphatic rings. The number of hydrogen-bond donors (Lipinski definition) is 1. The first kappa shape index (κ1) is 16.2. The van der Waals surface area contributed by atoms with Crippen LogP contribution in [0.5, 0.6) is 0 Å². The average Bonchev–Trinajstić information content (AvgIpc) is 2.94. The zero-order chi connectivity index (χ0) is 17.4. The fraction of sp³-hybridized carbons (Fsp3) is 0.389. The Balaban J connectivity index is 1.90. The number of carbonyl (C=O) groups is 2. The number of benzene rings is 1. The highest BCUT2D eigenvalue weighted by Crippen LogP contribution is 2.27. The van der Waals surface area contributed by atoms with Crippen molar-refractivity contribution in [2.24, 2.45) is 0 Å². The van der Waals surface area contributed by atoms with E-state index in [1.54, 1.807) is 18.9 Å². The summed E-state index contributed by atoms with van der Waals surface area (Å²) in [6, 6.07) is 6.93. The number of hydrogen-bond acceptors (Lipinski definition) is 4. The van der Waals surface area contributed by atoms with Crippen molar-refractivity contribution in [1.82, 2.24) is 15.2 Å². The van der Waals surface area contributed by atoms with Crippen molar-refractivity contribution in [1.29, 1.82) is 0 Å². The Hall–Kier alpha value is -2.63. The van der Waals surface area contributed by atoms with Gasteiger partial charge in [0.1, 0.15) is 6.04 Å². The summed E-state index contributed by atoms with van der Waals surface area (Å²) in [6.07, 6.45) is 0. The highest BCUT2D eigenvalue weighted by molar-refractivity contribution is 5.97. The first-order chi connectivity index (χ1) is 11.4. The minimum Gasteiger partial charge on any atom is -0.435 e. The van der Waals surface area contributed by atoms with Crippen LogP contribution in [0, 0.1) is 6.92 Å². The summed E-state index contributed by atoms with van der Waals surface area (Å²) in [4.78, 5) is 31.0. The second-order valence-electron chi connectivity index (χ2n) is 6.42. The Morgan fingerprint density at radius 1 is 1.38 bits per heavy atom. The lowest BCUT2D eigenvalue weighted by atomic mass is 9.95. The number of nitrogens with one attached hydrogen (secondary N) is 1. The molecular weight excluding hydrogens is 306 g/mol. The van der Waals surface area contributed by atoms with E-state index < -0.39 is 11.9 Å². The van der Waals surface area contributed by atoms with Gasteiger partial charge in [-0.15, -0.1) is 0 Å². The molecule has 0 saturated carbocycles. The Bertz CT molecular complexity index is 795. The van der Waals surface area contributed by atoms with Crippen molar-refractivity contribution in [2.75, 3.05) is 7.05 Å². The monoisotopic (exact) mass is 327 g/mol. The van der Waals surface area contributed by atoms with Gasteiger partial charge in [0.25, 0.3) is 5.91 Å². The fourth-order valence-electron chi connectivity index (χ4n) is 2.86. The fourth-order valence-corrected chi connectivity index (χ4v) is 2.86. The van der Waals surface area contributed by atoms with Crippen molar-refractivity contribution in [3.05, 3.63) is 52.7 Å². The minimum absolute atomic E-state index is 0.0911. The molecule has 6 nitrogen and oxygen atoms in total. The number of fused-ring (bicyclic) bond motifs is 1. The molecular formula is C18H21N3O3. The van der Waals surface area contributed by atoms with Crippen LogP contribution >= 0.6 is 0 Å². The van der Waals surface area contributed by atoms with Gasteiger partial charge >= 0.3 is 0 Å². The van der Waals surface area contributed by atoms with Crippen molar-refractivity contribution < 1.29 is 14.0 Å². The Labute approximate surface area is 140 Å². The third-order valence-corrected chi connectivity index (χ3v) is 4.19. The molecule has 0 radical (unpaired) electrons. The molecule has 3 rings (SSSR count). The maximum absolute atomic E-state index is 12.6. The van der Waals surface area contributed by atoms with Gasteiger partial charge < -0.3 is 14.6 Å². The average molecular weight is 327 g/mol. The molecule has 0 spiro atoms. The van der Waals surface area contributed by atoms with Gasteiger partial charge in [-0.05, 0) is 18.1 Å². The number of aromatic nitrogens is 1. The van der Waals surface area contributed by atoms with Crippen LogP contribution in [-0.4, -0.2) is 28.7 Å². The second kappa shape index (κ2) is 6.11. The van der Waals surface area contributed by atoms with E-state index in [2.05, 4.69) is 10.3 Å². The molecule has 1 aromatic heterocycles. The first-order valence-corrected chi connectivity index (χ1v) is 7.99. The van der Waals surface area contributed by atoms with E-state index in [4.69, 9.17) is 4.42 Å². The number of amides is 2. The topological polar surface area (TPSA) is 75.4 Å². The minimum atomic E-state index is -0.709. The highest BCUT2D eigenvalue weighted by atomic mass is 16.4. The van der Waals surface area contributed by atoms with Crippen molar-refractivity contribution in [3.63, 3.8) is 0 Å². The Morgan fingerprint density at radius 2 is 2.08 bits per heavy atom. The number of rotatable bonds is 3. The van der Waals surface area contributed by atoms with Gasteiger partial charge in [0.05, 0.1) is 5.69 Å². The van der Waals surface area contributed by atoms with Crippen molar-refractivity contribution in [3.8, 4) is 0 Å². The summed E-state index contributed by atoms with van der Waals surface area (Å²) in [7, 11) is 1.73. The van der Waals surface area contributed by atoms with Crippen molar-refractivity contribution in [2.45, 2.75) is 39.3 Å². The molecule has 0 aliphatic carbocycles. The molecule has 0 fully saturated rings. The number of likely N-dealkylation sites (N-methyl/N-ethyl adjacent to an activating group) is 1. The molecule has 24 heavy (non-hydrogen) atoms. The molecule has 1 aromatic carbocycles. The van der Waals surface area contributed by atoms with E-state index >= 15 is 0 Å². The number of nitrogens with zero attached hydrogens (tertiary/aromatic N) is 2. The molecule has 2 amide bonds. The summed E-state index contributed by atoms with van der Waals surface area (Å²) in [5.41, 5.74) is 2.39. The largest absolute Gasteiger partial charge is 0.435 e. The van der Waals surface area contributed by atoms with Gasteiger partial charge in [-0.1, -0.05) is 38.1 Å². The third kappa shape index (κ3) is 2.79. The number of oxazole rings is 1. The molecule has 1 atom stereocenters. The maximum Gasteiger partial charge on any atom is 0.289 e. The quantitative estimate of drug-likeness (QED) is 0.940. The maximum atomic E-state index is 12.6. The summed E-state index contributed by atoms with van der Waals surface area (Å²) >= 11 is 0. The SMILES string of the molecule is Cc1nc(C(C)C)oc1C(=O)N[C@@H]1C(=O)N(C)Cc2ccccc21. The first-order valence-electron chi connectivity index (χ1n) is 7.99. The summed E-state index contributed by atoms with van der Waals surface area (Å²) < 4.78 is 5.58.